The van der Waals surface area contributed by atoms with Gasteiger partial charge in [0.25, 0.3) is 0 Å². The Labute approximate surface area is 203 Å². The molecule has 2 aliphatic heterocycles. The summed E-state index contributed by atoms with van der Waals surface area (Å²) in [5, 5.41) is 0.706. The molecule has 0 atom stereocenters. The van der Waals surface area contributed by atoms with Crippen LogP contribution in [0.5, 0.6) is 23.0 Å². The number of fused-ring (bicyclic) bond motifs is 3. The highest BCUT2D eigenvalue weighted by Crippen LogP contribution is 2.44. The lowest BCUT2D eigenvalue weighted by atomic mass is 9.98. The van der Waals surface area contributed by atoms with Gasteiger partial charge in [-0.1, -0.05) is 23.7 Å². The topological polar surface area (TPSA) is 57.2 Å². The molecule has 174 valence electrons. The summed E-state index contributed by atoms with van der Waals surface area (Å²) in [6, 6.07) is 15.1. The summed E-state index contributed by atoms with van der Waals surface area (Å²) < 4.78 is 23.0. The number of aryl methyl sites for hydroxylation is 1. The normalized spacial score (nSPS) is 16.0. The van der Waals surface area contributed by atoms with Crippen LogP contribution in [0.25, 0.3) is 6.08 Å². The predicted octanol–water partition coefficient (Wildman–Crippen LogP) is 5.63. The lowest BCUT2D eigenvalue weighted by Crippen LogP contribution is -2.31. The van der Waals surface area contributed by atoms with Gasteiger partial charge in [-0.3, -0.25) is 9.69 Å². The van der Waals surface area contributed by atoms with Crippen LogP contribution < -0.4 is 18.9 Å². The molecular formula is C27H24ClNO5. The third kappa shape index (κ3) is 4.11. The van der Waals surface area contributed by atoms with E-state index in [1.165, 1.54) is 0 Å². The number of allylic oxidation sites excluding steroid dienone is 1. The maximum Gasteiger partial charge on any atom is 0.232 e. The molecule has 0 aromatic heterocycles. The molecule has 0 saturated carbocycles. The average molecular weight is 478 g/mol. The van der Waals surface area contributed by atoms with Gasteiger partial charge < -0.3 is 18.9 Å². The van der Waals surface area contributed by atoms with Crippen LogP contribution in [0.4, 0.5) is 0 Å². The maximum absolute atomic E-state index is 13.3. The summed E-state index contributed by atoms with van der Waals surface area (Å²) in [4.78, 5) is 15.5. The van der Waals surface area contributed by atoms with E-state index in [4.69, 9.17) is 30.5 Å². The van der Waals surface area contributed by atoms with Crippen LogP contribution in [0, 0.1) is 6.92 Å². The lowest BCUT2D eigenvalue weighted by molar-refractivity contribution is 0.0872. The van der Waals surface area contributed by atoms with Crippen molar-refractivity contribution in [1.29, 1.82) is 0 Å². The number of rotatable bonds is 5. The molecule has 0 radical (unpaired) electrons. The first-order chi connectivity index (χ1) is 16.5. The Kier molecular flexibility index (Phi) is 5.94. The van der Waals surface area contributed by atoms with Crippen LogP contribution in [0.15, 0.2) is 54.3 Å². The van der Waals surface area contributed by atoms with Crippen molar-refractivity contribution in [1.82, 2.24) is 4.90 Å². The number of carbonyl (C=O) groups is 1. The van der Waals surface area contributed by atoms with Crippen LogP contribution in [0.1, 0.15) is 32.6 Å². The number of Topliss-reactive ketones (excluding diaryl/α,β-unsaturated/α-hetero) is 1. The van der Waals surface area contributed by atoms with Gasteiger partial charge in [0.1, 0.15) is 29.7 Å². The highest BCUT2D eigenvalue weighted by Gasteiger charge is 2.35. The molecule has 3 aromatic carbocycles. The summed E-state index contributed by atoms with van der Waals surface area (Å²) >= 11 is 6.01. The molecule has 3 aromatic rings. The van der Waals surface area contributed by atoms with E-state index < -0.39 is 0 Å². The number of methoxy groups -OCH3 is 2. The molecule has 2 aliphatic rings. The fraction of sp³-hybridized carbons (Fsp3) is 0.222. The molecule has 7 heteroatoms. The summed E-state index contributed by atoms with van der Waals surface area (Å²) in [5.41, 5.74) is 4.14. The first-order valence-corrected chi connectivity index (χ1v) is 11.3. The van der Waals surface area contributed by atoms with E-state index in [9.17, 15) is 4.79 Å². The molecule has 0 amide bonds. The first kappa shape index (κ1) is 22.3. The molecule has 2 heterocycles. The molecular weight excluding hydrogens is 454 g/mol. The zero-order valence-corrected chi connectivity index (χ0v) is 19.9. The van der Waals surface area contributed by atoms with E-state index >= 15 is 0 Å². The second-order valence-corrected chi connectivity index (χ2v) is 8.75. The van der Waals surface area contributed by atoms with Crippen molar-refractivity contribution in [2.45, 2.75) is 20.0 Å². The number of nitrogens with zero attached hydrogens (tertiary/aromatic N) is 1. The second-order valence-electron chi connectivity index (χ2n) is 8.31. The number of hydrogen-bond donors (Lipinski definition) is 0. The monoisotopic (exact) mass is 477 g/mol. The Morgan fingerprint density at radius 3 is 2.62 bits per heavy atom. The number of hydrogen-bond acceptors (Lipinski definition) is 6. The van der Waals surface area contributed by atoms with E-state index in [-0.39, 0.29) is 11.5 Å². The fourth-order valence-corrected chi connectivity index (χ4v) is 4.43. The minimum atomic E-state index is -0.150. The van der Waals surface area contributed by atoms with Crippen LogP contribution in [0.3, 0.4) is 0 Å². The molecule has 0 spiro atoms. The van der Waals surface area contributed by atoms with E-state index in [2.05, 4.69) is 4.90 Å². The Morgan fingerprint density at radius 2 is 1.88 bits per heavy atom. The van der Waals surface area contributed by atoms with Gasteiger partial charge in [0.15, 0.2) is 5.76 Å². The van der Waals surface area contributed by atoms with Crippen LogP contribution in [-0.2, 0) is 13.1 Å². The summed E-state index contributed by atoms with van der Waals surface area (Å²) in [6.45, 7) is 3.65. The van der Waals surface area contributed by atoms with Crippen molar-refractivity contribution in [3.8, 4) is 23.0 Å². The van der Waals surface area contributed by atoms with Crippen LogP contribution >= 0.6 is 11.6 Å². The highest BCUT2D eigenvalue weighted by molar-refractivity contribution is 6.30. The zero-order chi connectivity index (χ0) is 23.8. The SMILES string of the molecule is COc1ccc(/C=C2\Oc3c4c(cc(C)c3C2=O)OCN(Cc2ccc(Cl)cc2)C4)c(OC)c1. The van der Waals surface area contributed by atoms with Gasteiger partial charge in [0.05, 0.1) is 25.3 Å². The van der Waals surface area contributed by atoms with Crippen molar-refractivity contribution in [2.75, 3.05) is 21.0 Å². The minimum absolute atomic E-state index is 0.150. The highest BCUT2D eigenvalue weighted by atomic mass is 35.5. The molecule has 0 N–H and O–H groups in total. The molecule has 0 unspecified atom stereocenters. The van der Waals surface area contributed by atoms with Crippen molar-refractivity contribution in [3.05, 3.63) is 87.1 Å². The minimum Gasteiger partial charge on any atom is -0.497 e. The smallest absolute Gasteiger partial charge is 0.232 e. The number of halogens is 1. The maximum atomic E-state index is 13.3. The van der Waals surface area contributed by atoms with Gasteiger partial charge in [-0.15, -0.1) is 0 Å². The average Bonchev–Trinajstić information content (AvgIpc) is 3.18. The van der Waals surface area contributed by atoms with E-state index in [1.54, 1.807) is 26.4 Å². The fourth-order valence-electron chi connectivity index (χ4n) is 4.30. The number of ketones is 1. The standard InChI is InChI=1S/C27H24ClNO5/c1-16-10-23-21(14-29(15-33-23)13-17-4-7-19(28)8-5-17)27-25(16)26(30)24(34-27)11-18-6-9-20(31-2)12-22(18)32-3/h4-12H,13-15H2,1-3H3/b24-11-. The predicted molar refractivity (Wildman–Crippen MR) is 130 cm³/mol. The van der Waals surface area contributed by atoms with E-state index in [0.717, 1.165) is 28.0 Å². The lowest BCUT2D eigenvalue weighted by Gasteiger charge is -2.30. The van der Waals surface area contributed by atoms with Gasteiger partial charge in [-0.25, -0.2) is 0 Å². The molecule has 0 fully saturated rings. The van der Waals surface area contributed by atoms with E-state index in [0.29, 0.717) is 47.7 Å². The molecule has 0 aliphatic carbocycles. The summed E-state index contributed by atoms with van der Waals surface area (Å²) in [7, 11) is 3.17. The van der Waals surface area contributed by atoms with Crippen molar-refractivity contribution in [3.63, 3.8) is 0 Å². The molecule has 34 heavy (non-hydrogen) atoms. The Morgan fingerprint density at radius 1 is 1.09 bits per heavy atom. The number of benzene rings is 3. The quantitative estimate of drug-likeness (QED) is 0.444. The summed E-state index contributed by atoms with van der Waals surface area (Å²) in [6.07, 6.45) is 1.71. The molecule has 0 saturated heterocycles. The Hall–Kier alpha value is -3.48. The van der Waals surface area contributed by atoms with Gasteiger partial charge in [-0.05, 0) is 54.5 Å². The summed E-state index contributed by atoms with van der Waals surface area (Å²) in [5.74, 6) is 2.69. The second kappa shape index (κ2) is 9.05. The Bertz CT molecular complexity index is 1300. The van der Waals surface area contributed by atoms with Crippen molar-refractivity contribution in [2.24, 2.45) is 0 Å². The van der Waals surface area contributed by atoms with Gasteiger partial charge >= 0.3 is 0 Å². The van der Waals surface area contributed by atoms with Crippen molar-refractivity contribution < 1.29 is 23.7 Å². The van der Waals surface area contributed by atoms with Crippen LogP contribution in [0.2, 0.25) is 5.02 Å². The number of carbonyl (C=O) groups excluding carboxylic acids is 1. The third-order valence-electron chi connectivity index (χ3n) is 6.03. The van der Waals surface area contributed by atoms with Gasteiger partial charge in [-0.2, -0.15) is 0 Å². The van der Waals surface area contributed by atoms with Crippen molar-refractivity contribution >= 4 is 23.5 Å². The van der Waals surface area contributed by atoms with Crippen LogP contribution in [-0.4, -0.2) is 31.6 Å². The van der Waals surface area contributed by atoms with Gasteiger partial charge in [0.2, 0.25) is 5.78 Å². The Balaban J connectivity index is 1.46. The number of ether oxygens (including phenoxy) is 4. The molecule has 5 rings (SSSR count). The third-order valence-corrected chi connectivity index (χ3v) is 6.29. The van der Waals surface area contributed by atoms with E-state index in [1.807, 2.05) is 49.4 Å². The first-order valence-electron chi connectivity index (χ1n) is 10.9. The zero-order valence-electron chi connectivity index (χ0n) is 19.2. The molecule has 6 nitrogen and oxygen atoms in total. The molecule has 0 bridgehead atoms. The largest absolute Gasteiger partial charge is 0.497 e. The van der Waals surface area contributed by atoms with Gasteiger partial charge in [0, 0.05) is 29.7 Å².